The quantitative estimate of drug-likeness (QED) is 0.505. The Labute approximate surface area is 74.1 Å². The summed E-state index contributed by atoms with van der Waals surface area (Å²) in [6.07, 6.45) is 0. The predicted octanol–water partition coefficient (Wildman–Crippen LogP) is 2.07. The summed E-state index contributed by atoms with van der Waals surface area (Å²) in [5.41, 5.74) is 2.34. The molecule has 1 aromatic rings. The zero-order valence-corrected chi connectivity index (χ0v) is 5.59. The van der Waals surface area contributed by atoms with E-state index in [9.17, 15) is 0 Å². The van der Waals surface area contributed by atoms with Gasteiger partial charge in [0.05, 0.1) is 0 Å². The Morgan fingerprint density at radius 3 is 2.00 bits per heavy atom. The summed E-state index contributed by atoms with van der Waals surface area (Å²) < 4.78 is 0. The van der Waals surface area contributed by atoms with Gasteiger partial charge in [-0.3, -0.25) is 0 Å². The van der Waals surface area contributed by atoms with Crippen LogP contribution in [0.1, 0.15) is 12.5 Å². The van der Waals surface area contributed by atoms with E-state index in [0.717, 1.165) is 5.57 Å². The minimum atomic E-state index is 0. The van der Waals surface area contributed by atoms with E-state index in [0.29, 0.717) is 0 Å². The Morgan fingerprint density at radius 2 is 1.70 bits per heavy atom. The van der Waals surface area contributed by atoms with Crippen molar-refractivity contribution in [2.75, 3.05) is 0 Å². The average Bonchev–Trinajstić information content (AvgIpc) is 1.90. The molecule has 48 valence electrons. The number of allylic oxidation sites excluding steroid dienone is 1. The summed E-state index contributed by atoms with van der Waals surface area (Å²) in [5.74, 6) is 0. The molecule has 1 aromatic carbocycles. The zero-order chi connectivity index (χ0) is 6.69. The van der Waals surface area contributed by atoms with Gasteiger partial charge >= 0.3 is 18.9 Å². The van der Waals surface area contributed by atoms with E-state index in [1.165, 1.54) is 5.56 Å². The average molecular weight is 126 g/mol. The van der Waals surface area contributed by atoms with Gasteiger partial charge in [0.15, 0.2) is 0 Å². The Hall–Kier alpha value is -0.443. The van der Waals surface area contributed by atoms with E-state index in [1.807, 2.05) is 25.1 Å². The molecule has 0 N–H and O–H groups in total. The summed E-state index contributed by atoms with van der Waals surface area (Å²) in [7, 11) is 0. The van der Waals surface area contributed by atoms with E-state index in [4.69, 9.17) is 0 Å². The van der Waals surface area contributed by atoms with Crippen LogP contribution in [0.2, 0.25) is 0 Å². The monoisotopic (exact) mass is 126 g/mol. The van der Waals surface area contributed by atoms with Gasteiger partial charge in [-0.15, -0.1) is 0 Å². The first-order chi connectivity index (χ1) is 4.30. The van der Waals surface area contributed by atoms with E-state index >= 15 is 0 Å². The van der Waals surface area contributed by atoms with Crippen molar-refractivity contribution >= 4 is 24.4 Å². The molecule has 0 nitrogen and oxygen atoms in total. The van der Waals surface area contributed by atoms with Crippen molar-refractivity contribution in [3.63, 3.8) is 0 Å². The van der Waals surface area contributed by atoms with Crippen molar-refractivity contribution in [1.82, 2.24) is 0 Å². The molecule has 0 spiro atoms. The molecule has 1 heteroatoms. The van der Waals surface area contributed by atoms with Crippen LogP contribution in [-0.2, 0) is 0 Å². The number of benzene rings is 1. The van der Waals surface area contributed by atoms with Gasteiger partial charge in [-0.25, -0.2) is 0 Å². The second kappa shape index (κ2) is 4.39. The molecule has 0 aliphatic carbocycles. The van der Waals surface area contributed by atoms with E-state index in [-0.39, 0.29) is 18.9 Å². The van der Waals surface area contributed by atoms with Crippen LogP contribution in [0.4, 0.5) is 0 Å². The van der Waals surface area contributed by atoms with Crippen LogP contribution in [0.15, 0.2) is 36.9 Å². The third kappa shape index (κ3) is 2.43. The molecule has 0 aromatic heterocycles. The molecule has 1 rings (SSSR count). The third-order valence-corrected chi connectivity index (χ3v) is 1.27. The van der Waals surface area contributed by atoms with Gasteiger partial charge in [-0.2, -0.15) is 0 Å². The van der Waals surface area contributed by atoms with Crippen LogP contribution in [0.25, 0.3) is 5.57 Å². The van der Waals surface area contributed by atoms with Gasteiger partial charge in [0, 0.05) is 0 Å². The topological polar surface area (TPSA) is 0 Å². The number of hydrogen-bond acceptors (Lipinski definition) is 0. The summed E-state index contributed by atoms with van der Waals surface area (Å²) in [4.78, 5) is 0. The molecule has 0 aliphatic heterocycles. The second-order valence-electron chi connectivity index (χ2n) is 2.15. The van der Waals surface area contributed by atoms with Crippen LogP contribution in [-0.4, -0.2) is 18.9 Å². The molecule has 0 radical (unpaired) electrons. The Morgan fingerprint density at radius 1 is 1.20 bits per heavy atom. The van der Waals surface area contributed by atoms with Crippen molar-refractivity contribution in [3.05, 3.63) is 42.5 Å². The molecule has 0 atom stereocenters. The first kappa shape index (κ1) is 9.56. The van der Waals surface area contributed by atoms with Crippen LogP contribution in [0.5, 0.6) is 0 Å². The molecule has 0 bridgehead atoms. The minimum absolute atomic E-state index is 0. The van der Waals surface area contributed by atoms with Crippen molar-refractivity contribution in [3.8, 4) is 0 Å². The van der Waals surface area contributed by atoms with E-state index in [2.05, 4.69) is 18.7 Å². The number of rotatable bonds is 1. The molecule has 0 aliphatic rings. The molecule has 0 fully saturated rings. The van der Waals surface area contributed by atoms with Gasteiger partial charge in [-0.1, -0.05) is 42.5 Å². The van der Waals surface area contributed by atoms with Gasteiger partial charge in [0.1, 0.15) is 0 Å². The Kier molecular flexibility index (Phi) is 4.19. The normalized spacial score (nSPS) is 8.10. The summed E-state index contributed by atoms with van der Waals surface area (Å²) in [6.45, 7) is 5.83. The van der Waals surface area contributed by atoms with E-state index in [1.54, 1.807) is 0 Å². The summed E-state index contributed by atoms with van der Waals surface area (Å²) in [5, 5.41) is 0. The van der Waals surface area contributed by atoms with Crippen LogP contribution in [0, 0.1) is 0 Å². The fourth-order valence-corrected chi connectivity index (χ4v) is 0.723. The Bertz CT molecular complexity index is 201. The fourth-order valence-electron chi connectivity index (χ4n) is 0.723. The zero-order valence-electron chi connectivity index (χ0n) is 5.59. The van der Waals surface area contributed by atoms with Crippen molar-refractivity contribution in [2.24, 2.45) is 0 Å². The van der Waals surface area contributed by atoms with Gasteiger partial charge in [0.2, 0.25) is 0 Å². The van der Waals surface area contributed by atoms with Crippen LogP contribution in [0.3, 0.4) is 0 Å². The maximum absolute atomic E-state index is 3.83. The SMILES string of the molecule is C=C(C)c1ccccc1.[LiH]. The molecule has 0 saturated carbocycles. The first-order valence-electron chi connectivity index (χ1n) is 3.01. The van der Waals surface area contributed by atoms with Gasteiger partial charge in [-0.05, 0) is 12.5 Å². The summed E-state index contributed by atoms with van der Waals surface area (Å²) >= 11 is 0. The van der Waals surface area contributed by atoms with Crippen LogP contribution < -0.4 is 0 Å². The molecule has 0 heterocycles. The van der Waals surface area contributed by atoms with Gasteiger partial charge < -0.3 is 0 Å². The molecule has 10 heavy (non-hydrogen) atoms. The third-order valence-electron chi connectivity index (χ3n) is 1.27. The molecule has 0 unspecified atom stereocenters. The second-order valence-corrected chi connectivity index (χ2v) is 2.15. The Balaban J connectivity index is 0.000000810. The number of hydrogen-bond donors (Lipinski definition) is 0. The van der Waals surface area contributed by atoms with Crippen molar-refractivity contribution in [1.29, 1.82) is 0 Å². The van der Waals surface area contributed by atoms with Crippen molar-refractivity contribution in [2.45, 2.75) is 6.92 Å². The molecular weight excluding hydrogens is 115 g/mol. The standard InChI is InChI=1S/C9H10.Li.H/c1-8(2)9-6-4-3-5-7-9;;/h3-7H,1H2,2H3;;. The predicted molar refractivity (Wildman–Crippen MR) is 48.3 cm³/mol. The summed E-state index contributed by atoms with van der Waals surface area (Å²) in [6, 6.07) is 10.2. The van der Waals surface area contributed by atoms with Gasteiger partial charge in [0.25, 0.3) is 0 Å². The molecule has 0 amide bonds. The maximum atomic E-state index is 3.83. The van der Waals surface area contributed by atoms with Crippen LogP contribution >= 0.6 is 0 Å². The first-order valence-corrected chi connectivity index (χ1v) is 3.01. The van der Waals surface area contributed by atoms with Crippen molar-refractivity contribution < 1.29 is 0 Å². The molecular formula is C9H11Li. The molecule has 0 saturated heterocycles. The fraction of sp³-hybridized carbons (Fsp3) is 0.111. The van der Waals surface area contributed by atoms with E-state index < -0.39 is 0 Å².